The molecule has 2 N–H and O–H groups in total. The normalized spacial score (nSPS) is 19.3. The minimum absolute atomic E-state index is 0. The van der Waals surface area contributed by atoms with E-state index in [4.69, 9.17) is 18.9 Å². The molecule has 2 amide bonds. The molecule has 3 unspecified atom stereocenters. The molecule has 214 valence electrons. The van der Waals surface area contributed by atoms with Gasteiger partial charge in [-0.15, -0.1) is 0 Å². The number of nitrogens with one attached hydrogen (secondary N) is 2. The number of esters is 2. The number of hydrogen-bond donors (Lipinski definition) is 2. The van der Waals surface area contributed by atoms with Gasteiger partial charge in [-0.1, -0.05) is 32.4 Å². The van der Waals surface area contributed by atoms with Crippen LogP contribution in [0.2, 0.25) is 0 Å². The molecule has 0 aromatic heterocycles. The first-order chi connectivity index (χ1) is 17.9. The number of carbonyl (C=O) groups is 4. The summed E-state index contributed by atoms with van der Waals surface area (Å²) in [4.78, 5) is 43.9. The molecule has 2 aliphatic carbocycles. The van der Waals surface area contributed by atoms with Crippen LogP contribution in [0.25, 0.3) is 0 Å². The van der Waals surface area contributed by atoms with E-state index in [-0.39, 0.29) is 8.95 Å². The third kappa shape index (κ3) is 15.6. The van der Waals surface area contributed by atoms with Gasteiger partial charge < -0.3 is 29.6 Å². The summed E-state index contributed by atoms with van der Waals surface area (Å²) in [6.07, 6.45) is 10.9. The van der Waals surface area contributed by atoms with Crippen molar-refractivity contribution in [1.82, 2.24) is 10.6 Å². The maximum atomic E-state index is 11.6. The quantitative estimate of drug-likeness (QED) is 0.134. The molecule has 10 heteroatoms. The van der Waals surface area contributed by atoms with E-state index in [0.717, 1.165) is 30.5 Å². The highest BCUT2D eigenvalue weighted by Crippen LogP contribution is 2.45. The van der Waals surface area contributed by atoms with Crippen LogP contribution in [-0.4, -0.2) is 63.6 Å². The molecule has 0 aromatic carbocycles. The third-order valence-corrected chi connectivity index (χ3v) is 6.32. The van der Waals surface area contributed by atoms with Crippen molar-refractivity contribution in [2.75, 3.05) is 39.5 Å². The molecule has 2 fully saturated rings. The molecular weight excluding hydrogens is 480 g/mol. The highest BCUT2D eigenvalue weighted by atomic mass is 16.6. The summed E-state index contributed by atoms with van der Waals surface area (Å²) in [7, 11) is 0. The number of alkyl carbamates (subject to hydrolysis) is 2. The zero-order valence-corrected chi connectivity index (χ0v) is 22.2. The van der Waals surface area contributed by atoms with Crippen molar-refractivity contribution in [1.29, 1.82) is 0 Å². The largest absolute Gasteiger partial charge is 0.463 e. The summed E-state index contributed by atoms with van der Waals surface area (Å²) in [6.45, 7) is 11.0. The van der Waals surface area contributed by atoms with Crippen LogP contribution in [0.1, 0.15) is 67.6 Å². The zero-order valence-electron chi connectivity index (χ0n) is 22.2. The van der Waals surface area contributed by atoms with Gasteiger partial charge in [0.15, 0.2) is 0 Å². The topological polar surface area (TPSA) is 129 Å². The first-order valence-electron chi connectivity index (χ1n) is 13.3. The van der Waals surface area contributed by atoms with Crippen molar-refractivity contribution in [3.05, 3.63) is 25.3 Å². The van der Waals surface area contributed by atoms with E-state index < -0.39 is 18.0 Å². The van der Waals surface area contributed by atoms with E-state index in [0.29, 0.717) is 64.6 Å². The van der Waals surface area contributed by atoms with Crippen LogP contribution in [0.4, 0.5) is 9.59 Å². The van der Waals surface area contributed by atoms with Gasteiger partial charge in [-0.3, -0.25) is 0 Å². The van der Waals surface area contributed by atoms with E-state index in [2.05, 4.69) is 23.8 Å². The Kier molecular flexibility index (Phi) is 17.3. The SMILES string of the molecule is C=CC(=O)OCCCCOC(=O)NCC.C=CC(=O)OCCCCOC(=O)NCC1CC2CCCC1C2.[HH].[HH]. The molecule has 0 spiro atoms. The lowest BCUT2D eigenvalue weighted by Crippen LogP contribution is -2.31. The molecule has 2 bridgehead atoms. The van der Waals surface area contributed by atoms with E-state index >= 15 is 0 Å². The minimum atomic E-state index is -0.431. The van der Waals surface area contributed by atoms with Gasteiger partial charge in [0.25, 0.3) is 0 Å². The lowest BCUT2D eigenvalue weighted by Gasteiger charge is -2.21. The van der Waals surface area contributed by atoms with Crippen LogP contribution in [-0.2, 0) is 28.5 Å². The Balaban J connectivity index is 0. The molecular formula is C27H48N2O8. The smallest absolute Gasteiger partial charge is 0.407 e. The van der Waals surface area contributed by atoms with Gasteiger partial charge in [0.2, 0.25) is 0 Å². The van der Waals surface area contributed by atoms with Gasteiger partial charge in [-0.05, 0) is 63.2 Å². The molecule has 2 aliphatic rings. The second-order valence-electron chi connectivity index (χ2n) is 9.13. The number of amides is 2. The Hall–Kier alpha value is -3.04. The van der Waals surface area contributed by atoms with Gasteiger partial charge in [-0.2, -0.15) is 0 Å². The molecule has 0 saturated heterocycles. The fourth-order valence-corrected chi connectivity index (χ4v) is 4.51. The predicted octanol–water partition coefficient (Wildman–Crippen LogP) is 4.78. The predicted molar refractivity (Wildman–Crippen MR) is 143 cm³/mol. The van der Waals surface area contributed by atoms with Crippen molar-refractivity contribution in [2.24, 2.45) is 17.8 Å². The van der Waals surface area contributed by atoms with Gasteiger partial charge >= 0.3 is 24.1 Å². The number of unbranched alkanes of at least 4 members (excludes halogenated alkanes) is 2. The molecule has 37 heavy (non-hydrogen) atoms. The van der Waals surface area contributed by atoms with Crippen molar-refractivity contribution < 1.29 is 41.0 Å². The monoisotopic (exact) mass is 528 g/mol. The Morgan fingerprint density at radius 1 is 0.784 bits per heavy atom. The molecule has 10 nitrogen and oxygen atoms in total. The van der Waals surface area contributed by atoms with Crippen molar-refractivity contribution in [3.63, 3.8) is 0 Å². The van der Waals surface area contributed by atoms with E-state index in [9.17, 15) is 19.2 Å². The minimum Gasteiger partial charge on any atom is -0.463 e. The highest BCUT2D eigenvalue weighted by molar-refractivity contribution is 5.81. The van der Waals surface area contributed by atoms with Gasteiger partial charge in [0.1, 0.15) is 0 Å². The lowest BCUT2D eigenvalue weighted by atomic mass is 9.87. The van der Waals surface area contributed by atoms with Crippen LogP contribution < -0.4 is 10.6 Å². The molecule has 0 aromatic rings. The van der Waals surface area contributed by atoms with Crippen molar-refractivity contribution >= 4 is 24.1 Å². The Labute approximate surface area is 223 Å². The average Bonchev–Trinajstić information content (AvgIpc) is 3.18. The van der Waals surface area contributed by atoms with Gasteiger partial charge in [0, 0.05) is 28.1 Å². The second-order valence-corrected chi connectivity index (χ2v) is 9.13. The zero-order chi connectivity index (χ0) is 27.3. The Bertz CT molecular complexity index is 739. The van der Waals surface area contributed by atoms with Gasteiger partial charge in [-0.25, -0.2) is 19.2 Å². The van der Waals surface area contributed by atoms with E-state index in [1.54, 1.807) is 0 Å². The number of rotatable bonds is 15. The molecule has 0 aliphatic heterocycles. The molecule has 0 heterocycles. The first kappa shape index (κ1) is 32.0. The summed E-state index contributed by atoms with van der Waals surface area (Å²) in [5.74, 6) is 1.48. The van der Waals surface area contributed by atoms with Crippen molar-refractivity contribution in [2.45, 2.75) is 64.7 Å². The molecule has 2 rings (SSSR count). The number of hydrogen-bond acceptors (Lipinski definition) is 8. The average molecular weight is 529 g/mol. The summed E-state index contributed by atoms with van der Waals surface area (Å²) in [5, 5.41) is 5.40. The Morgan fingerprint density at radius 2 is 1.30 bits per heavy atom. The molecule has 3 atom stereocenters. The summed E-state index contributed by atoms with van der Waals surface area (Å²) in [5.41, 5.74) is 0. The maximum Gasteiger partial charge on any atom is 0.407 e. The third-order valence-electron chi connectivity index (χ3n) is 6.32. The fraction of sp³-hybridized carbons (Fsp3) is 0.704. The fourth-order valence-electron chi connectivity index (χ4n) is 4.51. The summed E-state index contributed by atoms with van der Waals surface area (Å²) >= 11 is 0. The first-order valence-corrected chi connectivity index (χ1v) is 13.3. The van der Waals surface area contributed by atoms with Crippen LogP contribution in [0, 0.1) is 17.8 Å². The number of fused-ring (bicyclic) bond motifs is 2. The molecule has 0 radical (unpaired) electrons. The number of carbonyl (C=O) groups excluding carboxylic acids is 4. The summed E-state index contributed by atoms with van der Waals surface area (Å²) in [6, 6.07) is 0. The Morgan fingerprint density at radius 3 is 1.78 bits per heavy atom. The van der Waals surface area contributed by atoms with E-state index in [1.165, 1.54) is 32.1 Å². The highest BCUT2D eigenvalue weighted by Gasteiger charge is 2.36. The van der Waals surface area contributed by atoms with Crippen LogP contribution in [0.15, 0.2) is 25.3 Å². The number of ether oxygens (including phenoxy) is 4. The van der Waals surface area contributed by atoms with Gasteiger partial charge in [0.05, 0.1) is 26.4 Å². The lowest BCUT2D eigenvalue weighted by molar-refractivity contribution is -0.138. The maximum absolute atomic E-state index is 11.6. The van der Waals surface area contributed by atoms with Crippen LogP contribution in [0.3, 0.4) is 0 Å². The van der Waals surface area contributed by atoms with E-state index in [1.807, 2.05) is 6.92 Å². The van der Waals surface area contributed by atoms with Crippen molar-refractivity contribution in [3.8, 4) is 0 Å². The summed E-state index contributed by atoms with van der Waals surface area (Å²) < 4.78 is 19.5. The van der Waals surface area contributed by atoms with Crippen LogP contribution >= 0.6 is 0 Å². The standard InChI is InChI=1S/C17H27NO4.C10H17NO4.2H2/c1-2-16(19)21-8-3-4-9-22-17(20)18-12-15-11-13-6-5-7-14(15)10-13;1-3-9(12)14-7-5-6-8-15-10(13)11-4-2;;/h2,13-15H,1,3-12H2,(H,18,20);3H,1,4-8H2,2H3,(H,11,13);2*1H. The van der Waals surface area contributed by atoms with Crippen LogP contribution in [0.5, 0.6) is 0 Å². The molecule has 2 saturated carbocycles. The second kappa shape index (κ2) is 20.1.